The van der Waals surface area contributed by atoms with Crippen LogP contribution in [0.4, 0.5) is 5.69 Å². The van der Waals surface area contributed by atoms with Gasteiger partial charge >= 0.3 is 5.97 Å². The first-order valence-electron chi connectivity index (χ1n) is 10.5. The molecule has 2 amide bonds. The smallest absolute Gasteiger partial charge is 0.343 e. The number of amides is 2. The predicted molar refractivity (Wildman–Crippen MR) is 120 cm³/mol. The van der Waals surface area contributed by atoms with Gasteiger partial charge in [0, 0.05) is 0 Å². The van der Waals surface area contributed by atoms with Crippen LogP contribution < -0.4 is 14.4 Å². The summed E-state index contributed by atoms with van der Waals surface area (Å²) in [5.74, 6) is -0.248. The van der Waals surface area contributed by atoms with Crippen LogP contribution in [0.2, 0.25) is 0 Å². The van der Waals surface area contributed by atoms with E-state index in [1.165, 1.54) is 4.90 Å². The van der Waals surface area contributed by atoms with Crippen LogP contribution in [0.1, 0.15) is 23.2 Å². The number of benzene rings is 3. The number of allylic oxidation sites excluding steroid dienone is 2. The van der Waals surface area contributed by atoms with Crippen LogP contribution in [-0.2, 0) is 9.59 Å². The lowest BCUT2D eigenvalue weighted by molar-refractivity contribution is -0.122. The third-order valence-electron chi connectivity index (χ3n) is 6.10. The molecule has 1 aliphatic heterocycles. The number of anilines is 1. The molecule has 1 fully saturated rings. The number of carbonyl (C=O) groups is 3. The Kier molecular flexibility index (Phi) is 4.98. The van der Waals surface area contributed by atoms with E-state index >= 15 is 0 Å². The third kappa shape index (κ3) is 3.43. The molecule has 0 spiro atoms. The number of imide groups is 1. The van der Waals surface area contributed by atoms with E-state index in [0.29, 0.717) is 29.8 Å². The number of hydrogen-bond acceptors (Lipinski definition) is 5. The first kappa shape index (κ1) is 20.0. The van der Waals surface area contributed by atoms with Gasteiger partial charge in [-0.3, -0.25) is 14.5 Å². The monoisotopic (exact) mass is 427 g/mol. The van der Waals surface area contributed by atoms with E-state index in [2.05, 4.69) is 0 Å². The van der Waals surface area contributed by atoms with Gasteiger partial charge in [-0.05, 0) is 72.1 Å². The van der Waals surface area contributed by atoms with E-state index in [0.717, 1.165) is 16.5 Å². The van der Waals surface area contributed by atoms with Crippen molar-refractivity contribution in [1.82, 2.24) is 0 Å². The fourth-order valence-electron chi connectivity index (χ4n) is 4.36. The molecule has 0 saturated carbocycles. The van der Waals surface area contributed by atoms with Gasteiger partial charge in [0.05, 0.1) is 30.2 Å². The molecule has 160 valence electrons. The van der Waals surface area contributed by atoms with Crippen molar-refractivity contribution in [3.8, 4) is 11.5 Å². The zero-order chi connectivity index (χ0) is 22.2. The lowest BCUT2D eigenvalue weighted by Gasteiger charge is -2.15. The van der Waals surface area contributed by atoms with Gasteiger partial charge in [-0.1, -0.05) is 24.3 Å². The van der Waals surface area contributed by atoms with Gasteiger partial charge in [0.15, 0.2) is 0 Å². The SMILES string of the molecule is COc1ccc2cc(OC(=O)c3ccc(N4C(=O)C5CC=CCC5C4=O)cc3)ccc2c1. The minimum Gasteiger partial charge on any atom is -0.497 e. The molecule has 5 rings (SSSR count). The van der Waals surface area contributed by atoms with Gasteiger partial charge in [-0.15, -0.1) is 0 Å². The summed E-state index contributed by atoms with van der Waals surface area (Å²) in [6.07, 6.45) is 5.10. The average Bonchev–Trinajstić information content (AvgIpc) is 3.09. The molecular weight excluding hydrogens is 406 g/mol. The minimum atomic E-state index is -0.513. The lowest BCUT2D eigenvalue weighted by atomic mass is 9.85. The molecule has 32 heavy (non-hydrogen) atoms. The van der Waals surface area contributed by atoms with Crippen molar-refractivity contribution in [2.45, 2.75) is 12.8 Å². The van der Waals surface area contributed by atoms with Crippen LogP contribution in [0.3, 0.4) is 0 Å². The van der Waals surface area contributed by atoms with E-state index in [1.807, 2.05) is 36.4 Å². The summed E-state index contributed by atoms with van der Waals surface area (Å²) in [6.45, 7) is 0. The highest BCUT2D eigenvalue weighted by molar-refractivity contribution is 6.22. The Morgan fingerprint density at radius 2 is 1.38 bits per heavy atom. The Morgan fingerprint density at radius 1 is 0.812 bits per heavy atom. The number of fused-ring (bicyclic) bond motifs is 2. The molecular formula is C26H21NO5. The third-order valence-corrected chi connectivity index (χ3v) is 6.10. The summed E-state index contributed by atoms with van der Waals surface area (Å²) >= 11 is 0. The first-order chi connectivity index (χ1) is 15.5. The van der Waals surface area contributed by atoms with Crippen molar-refractivity contribution in [1.29, 1.82) is 0 Å². The van der Waals surface area contributed by atoms with Crippen LogP contribution in [0.5, 0.6) is 11.5 Å². The molecule has 2 aliphatic rings. The fraction of sp³-hybridized carbons (Fsp3) is 0.192. The average molecular weight is 427 g/mol. The number of nitrogens with zero attached hydrogens (tertiary/aromatic N) is 1. The maximum Gasteiger partial charge on any atom is 0.343 e. The Labute approximate surface area is 185 Å². The molecule has 2 atom stereocenters. The van der Waals surface area contributed by atoms with Gasteiger partial charge in [0.1, 0.15) is 11.5 Å². The summed E-state index contributed by atoms with van der Waals surface area (Å²) in [5.41, 5.74) is 0.812. The number of carbonyl (C=O) groups excluding carboxylic acids is 3. The lowest BCUT2D eigenvalue weighted by Crippen LogP contribution is -2.30. The molecule has 0 radical (unpaired) electrons. The van der Waals surface area contributed by atoms with E-state index in [1.54, 1.807) is 43.5 Å². The molecule has 3 aromatic rings. The van der Waals surface area contributed by atoms with Crippen LogP contribution >= 0.6 is 0 Å². The van der Waals surface area contributed by atoms with Gasteiger partial charge in [0.2, 0.25) is 11.8 Å². The summed E-state index contributed by atoms with van der Waals surface area (Å²) in [5, 5.41) is 1.90. The van der Waals surface area contributed by atoms with E-state index in [4.69, 9.17) is 9.47 Å². The minimum absolute atomic E-state index is 0.174. The molecule has 1 heterocycles. The fourth-order valence-corrected chi connectivity index (χ4v) is 4.36. The maximum atomic E-state index is 12.7. The first-order valence-corrected chi connectivity index (χ1v) is 10.5. The van der Waals surface area contributed by atoms with E-state index in [-0.39, 0.29) is 23.7 Å². The van der Waals surface area contributed by atoms with Crippen molar-refractivity contribution in [3.63, 3.8) is 0 Å². The number of rotatable bonds is 4. The Balaban J connectivity index is 1.32. The van der Waals surface area contributed by atoms with Crippen LogP contribution in [0.15, 0.2) is 72.8 Å². The topological polar surface area (TPSA) is 72.9 Å². The van der Waals surface area contributed by atoms with Crippen molar-refractivity contribution in [2.24, 2.45) is 11.8 Å². The second-order valence-electron chi connectivity index (χ2n) is 7.98. The summed E-state index contributed by atoms with van der Waals surface area (Å²) in [7, 11) is 1.61. The molecule has 1 saturated heterocycles. The Morgan fingerprint density at radius 3 is 1.97 bits per heavy atom. The van der Waals surface area contributed by atoms with Crippen molar-refractivity contribution in [3.05, 3.63) is 78.4 Å². The molecule has 6 nitrogen and oxygen atoms in total. The zero-order valence-corrected chi connectivity index (χ0v) is 17.5. The number of hydrogen-bond donors (Lipinski definition) is 0. The summed E-state index contributed by atoms with van der Waals surface area (Å²) in [6, 6.07) is 17.4. The normalized spacial score (nSPS) is 19.8. The highest BCUT2D eigenvalue weighted by atomic mass is 16.5. The molecule has 1 aliphatic carbocycles. The molecule has 2 unspecified atom stereocenters. The quantitative estimate of drug-likeness (QED) is 0.265. The van der Waals surface area contributed by atoms with Gasteiger partial charge < -0.3 is 9.47 Å². The standard InChI is InChI=1S/C26H21NO5/c1-31-20-12-8-18-15-21(13-9-17(18)14-20)32-26(30)16-6-10-19(11-7-16)27-24(28)22-4-2-3-5-23(22)25(27)29/h2-3,6-15,22-23H,4-5H2,1H3. The molecule has 0 bridgehead atoms. The molecule has 0 N–H and O–H groups in total. The molecule has 6 heteroatoms. The highest BCUT2D eigenvalue weighted by Gasteiger charge is 2.47. The van der Waals surface area contributed by atoms with Crippen molar-refractivity contribution in [2.75, 3.05) is 12.0 Å². The number of methoxy groups -OCH3 is 1. The second kappa shape index (κ2) is 7.96. The predicted octanol–water partition coefficient (Wildman–Crippen LogP) is 4.52. The van der Waals surface area contributed by atoms with Crippen molar-refractivity contribution < 1.29 is 23.9 Å². The summed E-state index contributed by atoms with van der Waals surface area (Å²) in [4.78, 5) is 39.3. The zero-order valence-electron chi connectivity index (χ0n) is 17.5. The highest BCUT2D eigenvalue weighted by Crippen LogP contribution is 2.37. The molecule has 3 aromatic carbocycles. The van der Waals surface area contributed by atoms with E-state index < -0.39 is 5.97 Å². The molecule has 0 aromatic heterocycles. The Bertz CT molecular complexity index is 1230. The van der Waals surface area contributed by atoms with Gasteiger partial charge in [0.25, 0.3) is 0 Å². The maximum absolute atomic E-state index is 12.7. The van der Waals surface area contributed by atoms with E-state index in [9.17, 15) is 14.4 Å². The number of esters is 1. The van der Waals surface area contributed by atoms with Gasteiger partial charge in [-0.25, -0.2) is 4.79 Å². The van der Waals surface area contributed by atoms with Crippen LogP contribution in [0, 0.1) is 11.8 Å². The Hall–Kier alpha value is -3.93. The second-order valence-corrected chi connectivity index (χ2v) is 7.98. The van der Waals surface area contributed by atoms with Crippen LogP contribution in [0.25, 0.3) is 10.8 Å². The summed E-state index contributed by atoms with van der Waals surface area (Å²) < 4.78 is 10.8. The number of ether oxygens (including phenoxy) is 2. The van der Waals surface area contributed by atoms with Crippen LogP contribution in [-0.4, -0.2) is 24.9 Å². The largest absolute Gasteiger partial charge is 0.497 e. The van der Waals surface area contributed by atoms with Gasteiger partial charge in [-0.2, -0.15) is 0 Å². The van der Waals surface area contributed by atoms with Crippen molar-refractivity contribution >= 4 is 34.2 Å².